The van der Waals surface area contributed by atoms with Gasteiger partial charge in [0.15, 0.2) is 0 Å². The number of fused-ring (bicyclic) bond motifs is 5. The van der Waals surface area contributed by atoms with E-state index in [-0.39, 0.29) is 17.5 Å². The molecule has 4 aliphatic carbocycles. The predicted molar refractivity (Wildman–Crippen MR) is 130 cm³/mol. The van der Waals surface area contributed by atoms with Crippen molar-refractivity contribution in [2.75, 3.05) is 0 Å². The summed E-state index contributed by atoms with van der Waals surface area (Å²) in [6, 6.07) is 0. The first kappa shape index (κ1) is 23.8. The van der Waals surface area contributed by atoms with Gasteiger partial charge in [0.05, 0.1) is 5.60 Å². The Balaban J connectivity index is 1.58. The van der Waals surface area contributed by atoms with Gasteiger partial charge in [-0.25, -0.2) is 0 Å². The lowest BCUT2D eigenvalue weighted by atomic mass is 9.50. The number of rotatable bonds is 5. The summed E-state index contributed by atoms with van der Waals surface area (Å²) in [7, 11) is 0. The maximum Gasteiger partial charge on any atom is 0.302 e. The second-order valence-corrected chi connectivity index (χ2v) is 12.2. The van der Waals surface area contributed by atoms with Gasteiger partial charge in [-0.2, -0.15) is 0 Å². The molecule has 3 nitrogen and oxygen atoms in total. The van der Waals surface area contributed by atoms with Crippen molar-refractivity contribution >= 4 is 5.97 Å². The average Bonchev–Trinajstić information content (AvgIpc) is 3.05. The fourth-order valence-corrected chi connectivity index (χ4v) is 7.75. The summed E-state index contributed by atoms with van der Waals surface area (Å²) in [4.78, 5) is 11.5. The predicted octanol–water partition coefficient (Wildman–Crippen LogP) is 6.77. The van der Waals surface area contributed by atoms with Crippen LogP contribution in [0.2, 0.25) is 0 Å². The van der Waals surface area contributed by atoms with Crippen LogP contribution in [0.3, 0.4) is 0 Å². The van der Waals surface area contributed by atoms with E-state index in [1.54, 1.807) is 0 Å². The molecule has 0 amide bonds. The highest BCUT2D eigenvalue weighted by Gasteiger charge is 2.60. The number of carbonyl (C=O) groups excluding carboxylic acids is 1. The molecule has 178 valence electrons. The standard InChI is InChI=1S/C29H44O3/c1-19(2)8-7-9-20(3)24-10-11-25-23-13-17-29(31)18-22(32-21(4)30)12-16-28(29,6)26(23)14-15-27(24,25)5/h7,9,13-14,19-20,22,24-25,31H,8,10-12,15-18H2,1-6H3/b9-7+/t20-,22-,24+,25-,27+,28-,29-/m1/s1. The van der Waals surface area contributed by atoms with E-state index in [1.807, 2.05) is 0 Å². The molecule has 0 bridgehead atoms. The molecule has 0 saturated heterocycles. The van der Waals surface area contributed by atoms with E-state index in [1.165, 1.54) is 30.9 Å². The van der Waals surface area contributed by atoms with Crippen molar-refractivity contribution in [3.63, 3.8) is 0 Å². The maximum atomic E-state index is 11.8. The van der Waals surface area contributed by atoms with Gasteiger partial charge in [0.1, 0.15) is 6.10 Å². The second-order valence-electron chi connectivity index (χ2n) is 12.2. The van der Waals surface area contributed by atoms with E-state index < -0.39 is 5.60 Å². The molecular weight excluding hydrogens is 396 g/mol. The molecule has 32 heavy (non-hydrogen) atoms. The third-order valence-corrected chi connectivity index (χ3v) is 9.67. The lowest BCUT2D eigenvalue weighted by Crippen LogP contribution is -2.56. The molecule has 0 aliphatic heterocycles. The summed E-state index contributed by atoms with van der Waals surface area (Å²) in [5.74, 6) is 2.39. The maximum absolute atomic E-state index is 11.8. The Kier molecular flexibility index (Phi) is 6.29. The zero-order valence-electron chi connectivity index (χ0n) is 21.1. The van der Waals surface area contributed by atoms with Crippen LogP contribution in [0.15, 0.2) is 35.5 Å². The molecule has 0 spiro atoms. The second kappa shape index (κ2) is 8.46. The minimum absolute atomic E-state index is 0.163. The Hall–Kier alpha value is -1.35. The summed E-state index contributed by atoms with van der Waals surface area (Å²) < 4.78 is 5.51. The van der Waals surface area contributed by atoms with E-state index in [2.05, 4.69) is 58.9 Å². The summed E-state index contributed by atoms with van der Waals surface area (Å²) in [6.45, 7) is 13.2. The summed E-state index contributed by atoms with van der Waals surface area (Å²) in [6.07, 6.45) is 17.3. The van der Waals surface area contributed by atoms with Gasteiger partial charge >= 0.3 is 5.97 Å². The zero-order valence-corrected chi connectivity index (χ0v) is 21.1. The molecule has 1 N–H and O–H groups in total. The monoisotopic (exact) mass is 440 g/mol. The van der Waals surface area contributed by atoms with Crippen LogP contribution < -0.4 is 0 Å². The molecule has 0 heterocycles. The molecule has 0 aromatic heterocycles. The third-order valence-electron chi connectivity index (χ3n) is 9.67. The first-order valence-electron chi connectivity index (χ1n) is 13.0. The van der Waals surface area contributed by atoms with E-state index in [9.17, 15) is 9.90 Å². The van der Waals surface area contributed by atoms with Crippen LogP contribution >= 0.6 is 0 Å². The molecule has 2 fully saturated rings. The van der Waals surface area contributed by atoms with Crippen LogP contribution in [0.4, 0.5) is 0 Å². The number of aliphatic hydroxyl groups is 1. The van der Waals surface area contributed by atoms with Crippen molar-refractivity contribution < 1.29 is 14.6 Å². The van der Waals surface area contributed by atoms with Gasteiger partial charge < -0.3 is 9.84 Å². The van der Waals surface area contributed by atoms with Crippen molar-refractivity contribution in [1.82, 2.24) is 0 Å². The molecule has 4 aliphatic rings. The summed E-state index contributed by atoms with van der Waals surface area (Å²) in [5.41, 5.74) is 2.17. The molecule has 0 aromatic carbocycles. The normalized spacial score (nSPS) is 42.1. The largest absolute Gasteiger partial charge is 0.462 e. The van der Waals surface area contributed by atoms with Crippen molar-refractivity contribution in [3.8, 4) is 0 Å². The van der Waals surface area contributed by atoms with Gasteiger partial charge in [-0.3, -0.25) is 4.79 Å². The molecule has 0 aromatic rings. The highest BCUT2D eigenvalue weighted by molar-refractivity contribution is 5.66. The number of hydrogen-bond acceptors (Lipinski definition) is 3. The molecule has 4 rings (SSSR count). The lowest BCUT2D eigenvalue weighted by molar-refractivity contribution is -0.163. The number of hydrogen-bond donors (Lipinski definition) is 1. The molecular formula is C29H44O3. The van der Waals surface area contributed by atoms with Crippen LogP contribution in [-0.4, -0.2) is 22.8 Å². The Labute approximate surface area is 195 Å². The van der Waals surface area contributed by atoms with Crippen LogP contribution in [0.5, 0.6) is 0 Å². The highest BCUT2D eigenvalue weighted by atomic mass is 16.5. The van der Waals surface area contributed by atoms with Gasteiger partial charge in [-0.15, -0.1) is 0 Å². The fourth-order valence-electron chi connectivity index (χ4n) is 7.75. The Morgan fingerprint density at radius 2 is 1.94 bits per heavy atom. The molecule has 0 unspecified atom stereocenters. The lowest BCUT2D eigenvalue weighted by Gasteiger charge is -2.57. The quantitative estimate of drug-likeness (QED) is 0.379. The van der Waals surface area contributed by atoms with E-state index in [4.69, 9.17) is 4.74 Å². The van der Waals surface area contributed by atoms with E-state index >= 15 is 0 Å². The van der Waals surface area contributed by atoms with Crippen molar-refractivity contribution in [2.24, 2.45) is 34.5 Å². The third kappa shape index (κ3) is 3.83. The number of esters is 1. The molecule has 2 saturated carbocycles. The first-order chi connectivity index (χ1) is 15.0. The topological polar surface area (TPSA) is 46.5 Å². The first-order valence-corrected chi connectivity index (χ1v) is 13.0. The van der Waals surface area contributed by atoms with Crippen LogP contribution in [0.25, 0.3) is 0 Å². The smallest absolute Gasteiger partial charge is 0.302 e. The minimum Gasteiger partial charge on any atom is -0.462 e. The van der Waals surface area contributed by atoms with Gasteiger partial charge in [-0.1, -0.05) is 58.9 Å². The summed E-state index contributed by atoms with van der Waals surface area (Å²) in [5, 5.41) is 11.8. The molecule has 3 heteroatoms. The number of ether oxygens (including phenoxy) is 1. The van der Waals surface area contributed by atoms with Gasteiger partial charge in [0.2, 0.25) is 0 Å². The Morgan fingerprint density at radius 3 is 2.62 bits per heavy atom. The minimum atomic E-state index is -0.820. The Bertz CT molecular complexity index is 835. The van der Waals surface area contributed by atoms with Gasteiger partial charge in [0.25, 0.3) is 0 Å². The van der Waals surface area contributed by atoms with Gasteiger partial charge in [-0.05, 0) is 85.2 Å². The average molecular weight is 441 g/mol. The highest BCUT2D eigenvalue weighted by Crippen LogP contribution is 2.65. The molecule has 7 atom stereocenters. The SMILES string of the molecule is CC(=O)O[C@@H]1CC[C@]2(C)C3=CC[C@]4(C)[C@H](CC[C@H]4[C@H](C)/C=C/CC(C)C)C3=CC[C@@]2(O)C1. The van der Waals surface area contributed by atoms with E-state index in [0.29, 0.717) is 41.9 Å². The van der Waals surface area contributed by atoms with Crippen molar-refractivity contribution in [3.05, 3.63) is 35.5 Å². The van der Waals surface area contributed by atoms with Crippen LogP contribution in [0, 0.1) is 34.5 Å². The number of carbonyl (C=O) groups is 1. The van der Waals surface area contributed by atoms with Crippen molar-refractivity contribution in [1.29, 1.82) is 0 Å². The fraction of sp³-hybridized carbons (Fsp3) is 0.759. The van der Waals surface area contributed by atoms with Crippen molar-refractivity contribution in [2.45, 2.75) is 105 Å². The van der Waals surface area contributed by atoms with Crippen LogP contribution in [-0.2, 0) is 9.53 Å². The number of allylic oxidation sites excluding steroid dienone is 4. The van der Waals surface area contributed by atoms with Gasteiger partial charge in [0, 0.05) is 18.8 Å². The van der Waals surface area contributed by atoms with E-state index in [0.717, 1.165) is 25.7 Å². The summed E-state index contributed by atoms with van der Waals surface area (Å²) >= 11 is 0. The Morgan fingerprint density at radius 1 is 1.19 bits per heavy atom. The molecule has 0 radical (unpaired) electrons. The zero-order chi connectivity index (χ0) is 23.3. The van der Waals surface area contributed by atoms with Crippen LogP contribution in [0.1, 0.15) is 92.9 Å².